The number of rotatable bonds is 7. The van der Waals surface area contributed by atoms with E-state index >= 15 is 0 Å². The minimum Gasteiger partial charge on any atom is -0.205 e. The quantitative estimate of drug-likeness (QED) is 0.617. The van der Waals surface area contributed by atoms with E-state index in [1.165, 1.54) is 38.5 Å². The summed E-state index contributed by atoms with van der Waals surface area (Å²) in [5, 5.41) is 0. The molecule has 1 aromatic heterocycles. The molecule has 90 valence electrons. The third-order valence-corrected chi connectivity index (χ3v) is 3.17. The molecule has 0 aliphatic heterocycles. The highest BCUT2D eigenvalue weighted by Gasteiger charge is 2.07. The Balaban J connectivity index is 2.78. The third-order valence-electron chi connectivity index (χ3n) is 3.17. The minimum absolute atomic E-state index is 1.08. The maximum Gasteiger partial charge on any atom is 0.172 e. The predicted molar refractivity (Wildman–Crippen MR) is 69.5 cm³/mol. The van der Waals surface area contributed by atoms with Crippen LogP contribution in [0.1, 0.15) is 57.6 Å². The van der Waals surface area contributed by atoms with Gasteiger partial charge in [-0.05, 0) is 38.2 Å². The molecule has 0 saturated heterocycles. The average molecular weight is 220 g/mol. The van der Waals surface area contributed by atoms with Crippen molar-refractivity contribution in [2.75, 3.05) is 0 Å². The maximum atomic E-state index is 2.35. The lowest BCUT2D eigenvalue weighted by molar-refractivity contribution is -0.694. The van der Waals surface area contributed by atoms with Crippen LogP contribution in [0.15, 0.2) is 18.5 Å². The van der Waals surface area contributed by atoms with Crippen LogP contribution in [0.25, 0.3) is 0 Å². The molecular formula is C15H26N+. The molecule has 0 bridgehead atoms. The lowest BCUT2D eigenvalue weighted by atomic mass is 10.00. The molecular weight excluding hydrogens is 194 g/mol. The second-order valence-corrected chi connectivity index (χ2v) is 4.53. The first-order chi connectivity index (χ1) is 7.81. The first kappa shape index (κ1) is 13.2. The summed E-state index contributed by atoms with van der Waals surface area (Å²) in [6.07, 6.45) is 12.3. The molecule has 0 amide bonds. The Morgan fingerprint density at radius 3 is 2.12 bits per heavy atom. The molecule has 0 saturated carbocycles. The molecule has 0 radical (unpaired) electrons. The molecule has 0 aliphatic rings. The van der Waals surface area contributed by atoms with Gasteiger partial charge in [0.1, 0.15) is 6.54 Å². The van der Waals surface area contributed by atoms with Gasteiger partial charge >= 0.3 is 0 Å². The van der Waals surface area contributed by atoms with Crippen LogP contribution in [-0.2, 0) is 19.4 Å². The molecule has 0 aliphatic carbocycles. The highest BCUT2D eigenvalue weighted by Crippen LogP contribution is 2.13. The van der Waals surface area contributed by atoms with Crippen molar-refractivity contribution in [2.45, 2.75) is 65.8 Å². The Labute approximate surface area is 101 Å². The van der Waals surface area contributed by atoms with Crippen molar-refractivity contribution in [1.82, 2.24) is 0 Å². The van der Waals surface area contributed by atoms with E-state index in [2.05, 4.69) is 43.8 Å². The Hall–Kier alpha value is -0.850. The van der Waals surface area contributed by atoms with Crippen LogP contribution in [0.3, 0.4) is 0 Å². The molecule has 0 fully saturated rings. The topological polar surface area (TPSA) is 3.88 Å². The van der Waals surface area contributed by atoms with E-state index in [9.17, 15) is 0 Å². The summed E-state index contributed by atoms with van der Waals surface area (Å²) in [6.45, 7) is 7.81. The summed E-state index contributed by atoms with van der Waals surface area (Å²) in [5.74, 6) is 0. The highest BCUT2D eigenvalue weighted by atomic mass is 14.9. The Morgan fingerprint density at radius 2 is 1.56 bits per heavy atom. The fraction of sp³-hybridized carbons (Fsp3) is 0.667. The fourth-order valence-corrected chi connectivity index (χ4v) is 2.02. The first-order valence-electron chi connectivity index (χ1n) is 6.82. The van der Waals surface area contributed by atoms with Crippen LogP contribution in [0.4, 0.5) is 0 Å². The predicted octanol–water partition coefficient (Wildman–Crippen LogP) is 3.68. The van der Waals surface area contributed by atoms with Gasteiger partial charge < -0.3 is 0 Å². The Bertz CT molecular complexity index is 304. The number of pyridine rings is 1. The summed E-state index contributed by atoms with van der Waals surface area (Å²) in [5.41, 5.74) is 3.14. The number of nitrogens with zero attached hydrogens (tertiary/aromatic N) is 1. The second kappa shape index (κ2) is 7.43. The van der Waals surface area contributed by atoms with Gasteiger partial charge in [0.2, 0.25) is 0 Å². The summed E-state index contributed by atoms with van der Waals surface area (Å²) in [7, 11) is 0. The van der Waals surface area contributed by atoms with Crippen molar-refractivity contribution in [3.05, 3.63) is 29.6 Å². The fourth-order valence-electron chi connectivity index (χ4n) is 2.02. The van der Waals surface area contributed by atoms with Crippen molar-refractivity contribution >= 4 is 0 Å². The van der Waals surface area contributed by atoms with Gasteiger partial charge in [-0.25, -0.2) is 4.57 Å². The smallest absolute Gasteiger partial charge is 0.172 e. The van der Waals surface area contributed by atoms with E-state index < -0.39 is 0 Å². The minimum atomic E-state index is 1.08. The molecule has 1 heteroatoms. The standard InChI is InChI=1S/C15H26N/c1-4-7-9-14-11-12-16(6-3)13-15(14)10-8-5-2/h11-13H,4-10H2,1-3H3/q+1. The van der Waals surface area contributed by atoms with Crippen molar-refractivity contribution in [2.24, 2.45) is 0 Å². The number of aromatic nitrogens is 1. The number of hydrogen-bond acceptors (Lipinski definition) is 0. The molecule has 1 nitrogen and oxygen atoms in total. The summed E-state index contributed by atoms with van der Waals surface area (Å²) in [6, 6.07) is 2.32. The largest absolute Gasteiger partial charge is 0.205 e. The SMILES string of the molecule is CCCCc1cc[n+](CC)cc1CCCC. The number of aryl methyl sites for hydroxylation is 3. The molecule has 0 aromatic carbocycles. The van der Waals surface area contributed by atoms with Gasteiger partial charge in [-0.3, -0.25) is 0 Å². The molecule has 1 aromatic rings. The van der Waals surface area contributed by atoms with E-state index in [-0.39, 0.29) is 0 Å². The first-order valence-corrected chi connectivity index (χ1v) is 6.82. The second-order valence-electron chi connectivity index (χ2n) is 4.53. The van der Waals surface area contributed by atoms with Crippen molar-refractivity contribution in [3.63, 3.8) is 0 Å². The van der Waals surface area contributed by atoms with Gasteiger partial charge in [0, 0.05) is 11.6 Å². The molecule has 0 atom stereocenters. The van der Waals surface area contributed by atoms with Crippen LogP contribution in [0.2, 0.25) is 0 Å². The number of unbranched alkanes of at least 4 members (excludes halogenated alkanes) is 2. The van der Waals surface area contributed by atoms with E-state index in [0.29, 0.717) is 0 Å². The summed E-state index contributed by atoms with van der Waals surface area (Å²) < 4.78 is 2.29. The molecule has 16 heavy (non-hydrogen) atoms. The molecule has 0 unspecified atom stereocenters. The Kier molecular flexibility index (Phi) is 6.14. The monoisotopic (exact) mass is 220 g/mol. The van der Waals surface area contributed by atoms with Crippen LogP contribution in [0, 0.1) is 0 Å². The van der Waals surface area contributed by atoms with Crippen molar-refractivity contribution in [3.8, 4) is 0 Å². The van der Waals surface area contributed by atoms with Gasteiger partial charge in [-0.15, -0.1) is 0 Å². The molecule has 0 spiro atoms. The molecule has 1 heterocycles. The zero-order valence-electron chi connectivity index (χ0n) is 11.1. The average Bonchev–Trinajstić information content (AvgIpc) is 2.34. The lowest BCUT2D eigenvalue weighted by Gasteiger charge is -2.07. The van der Waals surface area contributed by atoms with E-state index in [0.717, 1.165) is 6.54 Å². The molecule has 0 N–H and O–H groups in total. The van der Waals surface area contributed by atoms with Crippen molar-refractivity contribution < 1.29 is 4.57 Å². The van der Waals surface area contributed by atoms with Gasteiger partial charge in [0.25, 0.3) is 0 Å². The zero-order valence-corrected chi connectivity index (χ0v) is 11.1. The normalized spacial score (nSPS) is 10.7. The maximum absolute atomic E-state index is 2.35. The van der Waals surface area contributed by atoms with Gasteiger partial charge in [0.15, 0.2) is 12.4 Å². The lowest BCUT2D eigenvalue weighted by Crippen LogP contribution is -2.32. The highest BCUT2D eigenvalue weighted by molar-refractivity contribution is 5.21. The van der Waals surface area contributed by atoms with Crippen molar-refractivity contribution in [1.29, 1.82) is 0 Å². The van der Waals surface area contributed by atoms with E-state index in [4.69, 9.17) is 0 Å². The Morgan fingerprint density at radius 1 is 0.938 bits per heavy atom. The van der Waals surface area contributed by atoms with Crippen LogP contribution >= 0.6 is 0 Å². The van der Waals surface area contributed by atoms with Gasteiger partial charge in [-0.1, -0.05) is 26.7 Å². The van der Waals surface area contributed by atoms with Crippen LogP contribution in [0.5, 0.6) is 0 Å². The summed E-state index contributed by atoms with van der Waals surface area (Å²) >= 11 is 0. The summed E-state index contributed by atoms with van der Waals surface area (Å²) in [4.78, 5) is 0. The molecule has 1 rings (SSSR count). The zero-order chi connectivity index (χ0) is 11.8. The number of hydrogen-bond donors (Lipinski definition) is 0. The third kappa shape index (κ3) is 3.96. The van der Waals surface area contributed by atoms with Gasteiger partial charge in [0.05, 0.1) is 0 Å². The van der Waals surface area contributed by atoms with Crippen LogP contribution < -0.4 is 4.57 Å². The van der Waals surface area contributed by atoms with Crippen LogP contribution in [-0.4, -0.2) is 0 Å². The van der Waals surface area contributed by atoms with E-state index in [1.807, 2.05) is 0 Å². The van der Waals surface area contributed by atoms with Gasteiger partial charge in [-0.2, -0.15) is 0 Å². The van der Waals surface area contributed by atoms with E-state index in [1.54, 1.807) is 11.1 Å².